The van der Waals surface area contributed by atoms with Crippen molar-refractivity contribution in [2.24, 2.45) is 0 Å². The van der Waals surface area contributed by atoms with Crippen LogP contribution in [0.1, 0.15) is 284 Å². The number of hydrogen-bond acceptors (Lipinski definition) is 5. The van der Waals surface area contributed by atoms with Crippen molar-refractivity contribution in [1.82, 2.24) is 5.32 Å². The molecule has 0 heterocycles. The predicted molar refractivity (Wildman–Crippen MR) is 269 cm³/mol. The average molecular weight is 872 g/mol. The van der Waals surface area contributed by atoms with Gasteiger partial charge in [-0.2, -0.15) is 0 Å². The number of rotatable bonds is 50. The number of unbranched alkanes of at least 4 members (excludes halogenated alkanes) is 35. The minimum atomic E-state index is -0.854. The fraction of sp³-hybridized carbons (Fsp3) is 0.857. The zero-order valence-corrected chi connectivity index (χ0v) is 41.4. The molecule has 62 heavy (non-hydrogen) atoms. The molecule has 0 aliphatic carbocycles. The smallest absolute Gasteiger partial charge is 0.305 e. The molecule has 0 fully saturated rings. The van der Waals surface area contributed by atoms with Crippen molar-refractivity contribution >= 4 is 11.9 Å². The van der Waals surface area contributed by atoms with Gasteiger partial charge in [-0.05, 0) is 57.8 Å². The van der Waals surface area contributed by atoms with Crippen molar-refractivity contribution in [3.63, 3.8) is 0 Å². The SMILES string of the molecule is CCC/C=C\C/C=C\CCCCCCCC(=O)OCCCCCCCCCCCCCCCC(=O)NC(CO)C(O)/C=C/CCCCCCCCCCCCCCCCCCC. The highest BCUT2D eigenvalue weighted by atomic mass is 16.5. The summed E-state index contributed by atoms with van der Waals surface area (Å²) in [7, 11) is 0. The van der Waals surface area contributed by atoms with Crippen LogP contribution >= 0.6 is 0 Å². The summed E-state index contributed by atoms with van der Waals surface area (Å²) in [5.74, 6) is -0.103. The van der Waals surface area contributed by atoms with Crippen LogP contribution in [0.15, 0.2) is 36.5 Å². The molecule has 0 saturated heterocycles. The van der Waals surface area contributed by atoms with Crippen molar-refractivity contribution < 1.29 is 24.5 Å². The molecule has 0 aromatic carbocycles. The van der Waals surface area contributed by atoms with Gasteiger partial charge in [0.05, 0.1) is 25.4 Å². The van der Waals surface area contributed by atoms with Gasteiger partial charge in [0, 0.05) is 12.8 Å². The second kappa shape index (κ2) is 51.7. The second-order valence-electron chi connectivity index (χ2n) is 18.6. The van der Waals surface area contributed by atoms with Gasteiger partial charge in [0.25, 0.3) is 0 Å². The van der Waals surface area contributed by atoms with Gasteiger partial charge in [-0.1, -0.05) is 249 Å². The average Bonchev–Trinajstić information content (AvgIpc) is 3.27. The Morgan fingerprint density at radius 3 is 1.29 bits per heavy atom. The molecule has 0 bridgehead atoms. The minimum Gasteiger partial charge on any atom is -0.466 e. The number of amides is 1. The maximum atomic E-state index is 12.5. The molecule has 1 amide bonds. The van der Waals surface area contributed by atoms with Gasteiger partial charge in [0.15, 0.2) is 0 Å². The Morgan fingerprint density at radius 2 is 0.839 bits per heavy atom. The molecular formula is C56H105NO5. The lowest BCUT2D eigenvalue weighted by Gasteiger charge is -2.20. The lowest BCUT2D eigenvalue weighted by molar-refractivity contribution is -0.143. The zero-order chi connectivity index (χ0) is 45.1. The number of carbonyl (C=O) groups excluding carboxylic acids is 2. The maximum Gasteiger partial charge on any atom is 0.305 e. The number of ether oxygens (including phenoxy) is 1. The van der Waals surface area contributed by atoms with Crippen LogP contribution in [0.4, 0.5) is 0 Å². The summed E-state index contributed by atoms with van der Waals surface area (Å²) in [6.45, 7) is 4.81. The number of nitrogens with one attached hydrogen (secondary N) is 1. The van der Waals surface area contributed by atoms with Gasteiger partial charge in [0.2, 0.25) is 5.91 Å². The molecular weight excluding hydrogens is 767 g/mol. The maximum absolute atomic E-state index is 12.5. The van der Waals surface area contributed by atoms with E-state index in [9.17, 15) is 19.8 Å². The van der Waals surface area contributed by atoms with Crippen LogP contribution in [0.25, 0.3) is 0 Å². The van der Waals surface area contributed by atoms with E-state index >= 15 is 0 Å². The predicted octanol–water partition coefficient (Wildman–Crippen LogP) is 16.5. The van der Waals surface area contributed by atoms with Crippen molar-refractivity contribution in [3.8, 4) is 0 Å². The van der Waals surface area contributed by atoms with Crippen molar-refractivity contribution in [2.75, 3.05) is 13.2 Å². The van der Waals surface area contributed by atoms with E-state index in [1.165, 1.54) is 186 Å². The molecule has 0 rings (SSSR count). The van der Waals surface area contributed by atoms with E-state index in [0.717, 1.165) is 70.6 Å². The molecule has 3 N–H and O–H groups in total. The number of allylic oxidation sites excluding steroid dienone is 5. The third-order valence-electron chi connectivity index (χ3n) is 12.4. The summed E-state index contributed by atoms with van der Waals surface area (Å²) in [4.78, 5) is 24.5. The van der Waals surface area contributed by atoms with Crippen LogP contribution < -0.4 is 5.32 Å². The second-order valence-corrected chi connectivity index (χ2v) is 18.6. The fourth-order valence-electron chi connectivity index (χ4n) is 8.20. The Hall–Kier alpha value is -1.92. The summed E-state index contributed by atoms with van der Waals surface area (Å²) in [6.07, 6.45) is 62.9. The highest BCUT2D eigenvalue weighted by Crippen LogP contribution is 2.16. The largest absolute Gasteiger partial charge is 0.466 e. The normalized spacial score (nSPS) is 12.9. The van der Waals surface area contributed by atoms with Gasteiger partial charge in [-0.15, -0.1) is 0 Å². The molecule has 2 atom stereocenters. The van der Waals surface area contributed by atoms with Crippen molar-refractivity contribution in [2.45, 2.75) is 296 Å². The first-order chi connectivity index (χ1) is 30.5. The topological polar surface area (TPSA) is 95.9 Å². The van der Waals surface area contributed by atoms with Crippen LogP contribution in [0.2, 0.25) is 0 Å². The molecule has 6 heteroatoms. The first kappa shape index (κ1) is 60.1. The van der Waals surface area contributed by atoms with E-state index in [1.54, 1.807) is 6.08 Å². The number of esters is 1. The molecule has 2 unspecified atom stereocenters. The van der Waals surface area contributed by atoms with E-state index in [4.69, 9.17) is 4.74 Å². The first-order valence-electron chi connectivity index (χ1n) is 27.3. The van der Waals surface area contributed by atoms with Gasteiger partial charge in [-0.3, -0.25) is 9.59 Å². The highest BCUT2D eigenvalue weighted by molar-refractivity contribution is 5.76. The Kier molecular flexibility index (Phi) is 50.1. The van der Waals surface area contributed by atoms with Crippen LogP contribution in [0.3, 0.4) is 0 Å². The number of aliphatic hydroxyl groups excluding tert-OH is 2. The summed E-state index contributed by atoms with van der Waals surface area (Å²) >= 11 is 0. The summed E-state index contributed by atoms with van der Waals surface area (Å²) in [5, 5.41) is 23.1. The number of aliphatic hydroxyl groups is 2. The Labute approximate surface area is 385 Å². The van der Waals surface area contributed by atoms with Gasteiger partial charge in [-0.25, -0.2) is 0 Å². The quantitative estimate of drug-likeness (QED) is 0.0321. The van der Waals surface area contributed by atoms with Crippen LogP contribution in [-0.2, 0) is 14.3 Å². The van der Waals surface area contributed by atoms with Crippen LogP contribution in [0, 0.1) is 0 Å². The molecule has 0 aliphatic heterocycles. The number of hydrogen-bond donors (Lipinski definition) is 3. The van der Waals surface area contributed by atoms with Crippen LogP contribution in [0.5, 0.6) is 0 Å². The first-order valence-corrected chi connectivity index (χ1v) is 27.3. The lowest BCUT2D eigenvalue weighted by Crippen LogP contribution is -2.45. The van der Waals surface area contributed by atoms with Crippen molar-refractivity contribution in [1.29, 1.82) is 0 Å². The Bertz CT molecular complexity index is 1010. The molecule has 0 radical (unpaired) electrons. The Morgan fingerprint density at radius 1 is 0.452 bits per heavy atom. The molecule has 0 aromatic heterocycles. The van der Waals surface area contributed by atoms with Gasteiger partial charge < -0.3 is 20.3 Å². The lowest BCUT2D eigenvalue weighted by atomic mass is 10.0. The summed E-state index contributed by atoms with van der Waals surface area (Å²) in [6, 6.07) is -0.639. The van der Waals surface area contributed by atoms with Gasteiger partial charge in [0.1, 0.15) is 0 Å². The summed E-state index contributed by atoms with van der Waals surface area (Å²) in [5.41, 5.74) is 0. The highest BCUT2D eigenvalue weighted by Gasteiger charge is 2.18. The molecule has 6 nitrogen and oxygen atoms in total. The summed E-state index contributed by atoms with van der Waals surface area (Å²) < 4.78 is 5.45. The Balaban J connectivity index is 3.50. The van der Waals surface area contributed by atoms with Crippen molar-refractivity contribution in [3.05, 3.63) is 36.5 Å². The fourth-order valence-corrected chi connectivity index (χ4v) is 8.20. The van der Waals surface area contributed by atoms with E-state index in [1.807, 2.05) is 6.08 Å². The van der Waals surface area contributed by atoms with E-state index in [2.05, 4.69) is 43.5 Å². The standard InChI is InChI=1S/C56H105NO5/c1-3-5-7-9-11-13-15-17-18-19-20-21-22-25-28-32-36-40-44-48-54(59)53(52-58)57-55(60)49-45-41-37-33-29-26-23-27-31-35-39-43-47-51-62-56(61)50-46-42-38-34-30-24-16-14-12-10-8-6-4-2/h8,10,14,16,44,48,53-54,58-59H,3-7,9,11-13,15,17-43,45-47,49-52H2,1-2H3,(H,57,60)/b10-8-,16-14-,48-44+. The van der Waals surface area contributed by atoms with Crippen LogP contribution in [-0.4, -0.2) is 47.4 Å². The third-order valence-corrected chi connectivity index (χ3v) is 12.4. The zero-order valence-electron chi connectivity index (χ0n) is 41.4. The molecule has 0 aromatic rings. The molecule has 0 aliphatic rings. The van der Waals surface area contributed by atoms with E-state index in [0.29, 0.717) is 19.4 Å². The third kappa shape index (κ3) is 47.6. The van der Waals surface area contributed by atoms with E-state index in [-0.39, 0.29) is 18.5 Å². The molecule has 0 saturated carbocycles. The van der Waals surface area contributed by atoms with Gasteiger partial charge >= 0.3 is 5.97 Å². The molecule has 364 valence electrons. The monoisotopic (exact) mass is 872 g/mol. The van der Waals surface area contributed by atoms with E-state index < -0.39 is 12.1 Å². The minimum absolute atomic E-state index is 0.0223. The number of carbonyl (C=O) groups is 2. The molecule has 0 spiro atoms.